The summed E-state index contributed by atoms with van der Waals surface area (Å²) in [6, 6.07) is 2.28. The molecule has 0 aliphatic carbocycles. The molecule has 1 aliphatic rings. The second-order valence-electron chi connectivity index (χ2n) is 3.80. The van der Waals surface area contributed by atoms with Gasteiger partial charge in [-0.2, -0.15) is 0 Å². The highest BCUT2D eigenvalue weighted by Gasteiger charge is 2.17. The first-order valence-corrected chi connectivity index (χ1v) is 5.97. The Morgan fingerprint density at radius 2 is 2.25 bits per heavy atom. The summed E-state index contributed by atoms with van der Waals surface area (Å²) >= 11 is 3.08. The van der Waals surface area contributed by atoms with Gasteiger partial charge in [0, 0.05) is 12.1 Å². The average Bonchev–Trinajstić information content (AvgIpc) is 2.68. The number of hydrogen-bond acceptors (Lipinski definition) is 2. The lowest BCUT2D eigenvalue weighted by molar-refractivity contribution is 0.263. The summed E-state index contributed by atoms with van der Waals surface area (Å²) < 4.78 is 31.8. The minimum absolute atomic E-state index is 0.0788. The maximum Gasteiger partial charge on any atom is 0.169 e. The molecule has 0 radical (unpaired) electrons. The van der Waals surface area contributed by atoms with Crippen LogP contribution in [0.25, 0.3) is 0 Å². The number of rotatable bonds is 3. The van der Waals surface area contributed by atoms with Crippen LogP contribution in [0, 0.1) is 11.6 Å². The van der Waals surface area contributed by atoms with Gasteiger partial charge in [0.05, 0.1) is 4.47 Å². The first-order chi connectivity index (χ1) is 7.66. The van der Waals surface area contributed by atoms with Crippen LogP contribution in [0.4, 0.5) is 8.78 Å². The van der Waals surface area contributed by atoms with E-state index >= 15 is 0 Å². The van der Waals surface area contributed by atoms with Gasteiger partial charge in [0.1, 0.15) is 12.4 Å². The number of nitrogens with one attached hydrogen (secondary N) is 1. The standard InChI is InChI=1S/C11H12BrF2NO/c12-9-4-7(13)5-10(14)11(9)16-6-8-2-1-3-15-8/h4-5,8,15H,1-3,6H2/t8-/m1/s1. The lowest BCUT2D eigenvalue weighted by Gasteiger charge is -2.13. The normalized spacial score (nSPS) is 20.1. The molecule has 2 rings (SSSR count). The SMILES string of the molecule is Fc1cc(F)c(OC[C@H]2CCCN2)c(Br)c1. The van der Waals surface area contributed by atoms with Gasteiger partial charge in [-0.3, -0.25) is 0 Å². The Morgan fingerprint density at radius 3 is 2.88 bits per heavy atom. The maximum absolute atomic E-state index is 13.4. The predicted molar refractivity (Wildman–Crippen MR) is 60.6 cm³/mol. The quantitative estimate of drug-likeness (QED) is 0.925. The van der Waals surface area contributed by atoms with E-state index in [0.717, 1.165) is 25.5 Å². The molecule has 0 bridgehead atoms. The number of benzene rings is 1. The van der Waals surface area contributed by atoms with Crippen LogP contribution in [-0.4, -0.2) is 19.2 Å². The summed E-state index contributed by atoms with van der Waals surface area (Å²) in [4.78, 5) is 0. The fourth-order valence-electron chi connectivity index (χ4n) is 1.75. The van der Waals surface area contributed by atoms with Gasteiger partial charge in [0.2, 0.25) is 0 Å². The van der Waals surface area contributed by atoms with Gasteiger partial charge < -0.3 is 10.1 Å². The topological polar surface area (TPSA) is 21.3 Å². The third-order valence-electron chi connectivity index (χ3n) is 2.55. The van der Waals surface area contributed by atoms with Crippen LogP contribution in [0.1, 0.15) is 12.8 Å². The van der Waals surface area contributed by atoms with Crippen LogP contribution in [0.2, 0.25) is 0 Å². The molecule has 0 spiro atoms. The molecule has 1 heterocycles. The highest BCUT2D eigenvalue weighted by atomic mass is 79.9. The molecule has 5 heteroatoms. The minimum atomic E-state index is -0.676. The first-order valence-electron chi connectivity index (χ1n) is 5.17. The molecule has 0 saturated carbocycles. The lowest BCUT2D eigenvalue weighted by Crippen LogP contribution is -2.28. The monoisotopic (exact) mass is 291 g/mol. The van der Waals surface area contributed by atoms with E-state index in [1.165, 1.54) is 6.07 Å². The molecule has 1 aromatic rings. The second kappa shape index (κ2) is 5.10. The fourth-order valence-corrected chi connectivity index (χ4v) is 2.27. The zero-order valence-electron chi connectivity index (χ0n) is 8.60. The van der Waals surface area contributed by atoms with Crippen molar-refractivity contribution in [1.82, 2.24) is 5.32 Å². The van der Waals surface area contributed by atoms with Crippen molar-refractivity contribution in [3.05, 3.63) is 28.2 Å². The van der Waals surface area contributed by atoms with Crippen LogP contribution in [0.3, 0.4) is 0 Å². The molecule has 0 amide bonds. The molecule has 1 saturated heterocycles. The van der Waals surface area contributed by atoms with Crippen molar-refractivity contribution in [2.24, 2.45) is 0 Å². The molecule has 0 aromatic heterocycles. The second-order valence-corrected chi connectivity index (χ2v) is 4.66. The van der Waals surface area contributed by atoms with E-state index in [0.29, 0.717) is 11.1 Å². The Labute approximate surface area is 101 Å². The molecule has 1 aromatic carbocycles. The Bertz CT molecular complexity index is 357. The summed E-state index contributed by atoms with van der Waals surface area (Å²) in [5.74, 6) is -1.21. The van der Waals surface area contributed by atoms with E-state index in [9.17, 15) is 8.78 Å². The zero-order chi connectivity index (χ0) is 11.5. The van der Waals surface area contributed by atoms with Gasteiger partial charge in [-0.25, -0.2) is 8.78 Å². The third-order valence-corrected chi connectivity index (χ3v) is 3.14. The molecule has 1 atom stereocenters. The van der Waals surface area contributed by atoms with E-state index in [1.807, 2.05) is 0 Å². The van der Waals surface area contributed by atoms with E-state index in [-0.39, 0.29) is 11.8 Å². The molecule has 1 fully saturated rings. The van der Waals surface area contributed by atoms with Crippen molar-refractivity contribution in [2.45, 2.75) is 18.9 Å². The summed E-state index contributed by atoms with van der Waals surface area (Å²) in [6.45, 7) is 1.38. The van der Waals surface area contributed by atoms with Crippen LogP contribution in [-0.2, 0) is 0 Å². The number of hydrogen-bond donors (Lipinski definition) is 1. The van der Waals surface area contributed by atoms with E-state index < -0.39 is 11.6 Å². The number of halogens is 3. The van der Waals surface area contributed by atoms with Gasteiger partial charge in [-0.1, -0.05) is 0 Å². The summed E-state index contributed by atoms with van der Waals surface area (Å²) in [6.07, 6.45) is 2.14. The molecule has 88 valence electrons. The third kappa shape index (κ3) is 2.71. The van der Waals surface area contributed by atoms with Crippen molar-refractivity contribution in [3.63, 3.8) is 0 Å². The molecule has 16 heavy (non-hydrogen) atoms. The smallest absolute Gasteiger partial charge is 0.169 e. The van der Waals surface area contributed by atoms with Crippen molar-refractivity contribution in [1.29, 1.82) is 0 Å². The largest absolute Gasteiger partial charge is 0.488 e. The zero-order valence-corrected chi connectivity index (χ0v) is 10.2. The molecular formula is C11H12BrF2NO. The van der Waals surface area contributed by atoms with E-state index in [1.54, 1.807) is 0 Å². The summed E-state index contributed by atoms with van der Waals surface area (Å²) in [5, 5.41) is 3.24. The van der Waals surface area contributed by atoms with Gasteiger partial charge in [-0.15, -0.1) is 0 Å². The Hall–Kier alpha value is -0.680. The van der Waals surface area contributed by atoms with Crippen molar-refractivity contribution >= 4 is 15.9 Å². The average molecular weight is 292 g/mol. The molecule has 1 aliphatic heterocycles. The fraction of sp³-hybridized carbons (Fsp3) is 0.455. The maximum atomic E-state index is 13.4. The van der Waals surface area contributed by atoms with Crippen LogP contribution < -0.4 is 10.1 Å². The van der Waals surface area contributed by atoms with Gasteiger partial charge in [-0.05, 0) is 41.4 Å². The lowest BCUT2D eigenvalue weighted by atomic mass is 10.2. The molecular weight excluding hydrogens is 280 g/mol. The number of ether oxygens (including phenoxy) is 1. The van der Waals surface area contributed by atoms with Crippen LogP contribution >= 0.6 is 15.9 Å². The molecule has 0 unspecified atom stereocenters. The summed E-state index contributed by atoms with van der Waals surface area (Å²) in [7, 11) is 0. The molecule has 1 N–H and O–H groups in total. The van der Waals surface area contributed by atoms with Gasteiger partial charge in [0.15, 0.2) is 11.6 Å². The van der Waals surface area contributed by atoms with Crippen molar-refractivity contribution in [3.8, 4) is 5.75 Å². The first kappa shape index (κ1) is 11.8. The van der Waals surface area contributed by atoms with Crippen LogP contribution in [0.15, 0.2) is 16.6 Å². The van der Waals surface area contributed by atoms with Gasteiger partial charge >= 0.3 is 0 Å². The van der Waals surface area contributed by atoms with Crippen LogP contribution in [0.5, 0.6) is 5.75 Å². The van der Waals surface area contributed by atoms with Gasteiger partial charge in [0.25, 0.3) is 0 Å². The van der Waals surface area contributed by atoms with E-state index in [2.05, 4.69) is 21.2 Å². The summed E-state index contributed by atoms with van der Waals surface area (Å²) in [5.41, 5.74) is 0. The molecule has 2 nitrogen and oxygen atoms in total. The predicted octanol–water partition coefficient (Wildman–Crippen LogP) is 2.86. The Kier molecular flexibility index (Phi) is 3.76. The Balaban J connectivity index is 2.03. The van der Waals surface area contributed by atoms with Crippen molar-refractivity contribution < 1.29 is 13.5 Å². The highest BCUT2D eigenvalue weighted by Crippen LogP contribution is 2.29. The van der Waals surface area contributed by atoms with Crippen molar-refractivity contribution in [2.75, 3.05) is 13.2 Å². The highest BCUT2D eigenvalue weighted by molar-refractivity contribution is 9.10. The Morgan fingerprint density at radius 1 is 1.44 bits per heavy atom. The minimum Gasteiger partial charge on any atom is -0.488 e. The van der Waals surface area contributed by atoms with E-state index in [4.69, 9.17) is 4.74 Å².